The van der Waals surface area contributed by atoms with Gasteiger partial charge in [-0.15, -0.1) is 11.3 Å². The molecule has 1 amide bonds. The Morgan fingerprint density at radius 3 is 2.39 bits per heavy atom. The average molecular weight is 458 g/mol. The Morgan fingerprint density at radius 1 is 1.13 bits per heavy atom. The number of carbonyl (C=O) groups is 2. The summed E-state index contributed by atoms with van der Waals surface area (Å²) in [5, 5.41) is 3.59. The van der Waals surface area contributed by atoms with Gasteiger partial charge in [0.2, 0.25) is 5.91 Å². The third-order valence-electron chi connectivity index (χ3n) is 4.23. The molecular weight excluding hydrogens is 434 g/mol. The summed E-state index contributed by atoms with van der Waals surface area (Å²) in [7, 11) is 0. The standard InChI is InChI=1S/C21H23N5O3S2/c1-4-29-20(28)18-17(13-7-5-11(2)6-8-13)12(3)31-19(18)26-16(27)10-30-21-24-14(22)9-15(23)25-21/h5-9H,4,10H2,1-3H3,(H,26,27)(H4,22,23,24,25). The molecule has 2 aromatic heterocycles. The van der Waals surface area contributed by atoms with Gasteiger partial charge < -0.3 is 21.5 Å². The van der Waals surface area contributed by atoms with E-state index < -0.39 is 5.97 Å². The number of nitrogens with one attached hydrogen (secondary N) is 1. The highest BCUT2D eigenvalue weighted by molar-refractivity contribution is 7.99. The van der Waals surface area contributed by atoms with Crippen LogP contribution in [0.15, 0.2) is 35.5 Å². The minimum atomic E-state index is -0.475. The number of nitrogens with zero attached hydrogens (tertiary/aromatic N) is 2. The molecule has 0 spiro atoms. The van der Waals surface area contributed by atoms with Crippen molar-refractivity contribution in [2.75, 3.05) is 29.1 Å². The van der Waals surface area contributed by atoms with Gasteiger partial charge in [-0.05, 0) is 26.3 Å². The third-order valence-corrected chi connectivity index (χ3v) is 6.10. The summed E-state index contributed by atoms with van der Waals surface area (Å²) >= 11 is 2.44. The van der Waals surface area contributed by atoms with Crippen LogP contribution in [0.5, 0.6) is 0 Å². The van der Waals surface area contributed by atoms with Crippen LogP contribution in [0.4, 0.5) is 16.6 Å². The summed E-state index contributed by atoms with van der Waals surface area (Å²) < 4.78 is 5.27. The maximum Gasteiger partial charge on any atom is 0.341 e. The number of nitrogens with two attached hydrogens (primary N) is 2. The molecule has 0 unspecified atom stereocenters. The zero-order valence-corrected chi connectivity index (χ0v) is 19.0. The lowest BCUT2D eigenvalue weighted by molar-refractivity contribution is -0.113. The first-order valence-electron chi connectivity index (χ1n) is 9.48. The molecule has 31 heavy (non-hydrogen) atoms. The van der Waals surface area contributed by atoms with Crippen molar-refractivity contribution in [3.05, 3.63) is 46.3 Å². The number of amides is 1. The lowest BCUT2D eigenvalue weighted by Gasteiger charge is -2.09. The second-order valence-electron chi connectivity index (χ2n) is 6.66. The molecule has 0 atom stereocenters. The quantitative estimate of drug-likeness (QED) is 0.276. The molecule has 0 aliphatic rings. The first kappa shape index (κ1) is 22.6. The van der Waals surface area contributed by atoms with Crippen molar-refractivity contribution in [1.82, 2.24) is 9.97 Å². The fourth-order valence-electron chi connectivity index (χ4n) is 2.92. The Bertz CT molecular complexity index is 1090. The van der Waals surface area contributed by atoms with E-state index in [0.717, 1.165) is 33.3 Å². The minimum Gasteiger partial charge on any atom is -0.462 e. The highest BCUT2D eigenvalue weighted by Gasteiger charge is 2.25. The van der Waals surface area contributed by atoms with E-state index >= 15 is 0 Å². The number of esters is 1. The molecule has 8 nitrogen and oxygen atoms in total. The van der Waals surface area contributed by atoms with Crippen molar-refractivity contribution in [2.24, 2.45) is 0 Å². The molecule has 0 radical (unpaired) electrons. The van der Waals surface area contributed by atoms with Gasteiger partial charge in [0.05, 0.1) is 12.4 Å². The molecular formula is C21H23N5O3S2. The maximum absolute atomic E-state index is 12.8. The number of benzene rings is 1. The van der Waals surface area contributed by atoms with E-state index in [1.54, 1.807) is 6.92 Å². The number of carbonyl (C=O) groups excluding carboxylic acids is 2. The molecule has 0 fully saturated rings. The number of aromatic nitrogens is 2. The summed E-state index contributed by atoms with van der Waals surface area (Å²) in [6, 6.07) is 9.31. The van der Waals surface area contributed by atoms with E-state index in [-0.39, 0.29) is 29.9 Å². The Morgan fingerprint density at radius 2 is 1.77 bits per heavy atom. The predicted molar refractivity (Wildman–Crippen MR) is 125 cm³/mol. The highest BCUT2D eigenvalue weighted by atomic mass is 32.2. The molecule has 5 N–H and O–H groups in total. The van der Waals surface area contributed by atoms with Crippen LogP contribution in [0.25, 0.3) is 11.1 Å². The van der Waals surface area contributed by atoms with Gasteiger partial charge in [0.25, 0.3) is 0 Å². The Balaban J connectivity index is 1.86. The van der Waals surface area contributed by atoms with Crippen LogP contribution in [-0.4, -0.2) is 34.2 Å². The molecule has 0 bridgehead atoms. The van der Waals surface area contributed by atoms with Gasteiger partial charge >= 0.3 is 5.97 Å². The Labute approximate surface area is 188 Å². The first-order chi connectivity index (χ1) is 14.8. The highest BCUT2D eigenvalue weighted by Crippen LogP contribution is 2.40. The molecule has 0 aliphatic carbocycles. The van der Waals surface area contributed by atoms with Crippen molar-refractivity contribution >= 4 is 51.6 Å². The van der Waals surface area contributed by atoms with E-state index in [9.17, 15) is 9.59 Å². The van der Waals surface area contributed by atoms with Crippen molar-refractivity contribution in [3.63, 3.8) is 0 Å². The lowest BCUT2D eigenvalue weighted by Crippen LogP contribution is -2.16. The summed E-state index contributed by atoms with van der Waals surface area (Å²) in [6.45, 7) is 5.89. The molecule has 3 rings (SSSR count). The monoisotopic (exact) mass is 457 g/mol. The van der Waals surface area contributed by atoms with Gasteiger partial charge in [0.15, 0.2) is 5.16 Å². The zero-order valence-electron chi connectivity index (χ0n) is 17.4. The fourth-order valence-corrected chi connectivity index (χ4v) is 4.67. The lowest BCUT2D eigenvalue weighted by atomic mass is 10.0. The number of aryl methyl sites for hydroxylation is 2. The summed E-state index contributed by atoms with van der Waals surface area (Å²) in [6.07, 6.45) is 0. The van der Waals surface area contributed by atoms with Gasteiger partial charge in [-0.25, -0.2) is 14.8 Å². The molecule has 10 heteroatoms. The van der Waals surface area contributed by atoms with Crippen LogP contribution in [0.1, 0.15) is 27.7 Å². The fraction of sp³-hybridized carbons (Fsp3) is 0.238. The topological polar surface area (TPSA) is 133 Å². The van der Waals surface area contributed by atoms with Crippen molar-refractivity contribution in [3.8, 4) is 11.1 Å². The number of hydrogen-bond acceptors (Lipinski definition) is 9. The summed E-state index contributed by atoms with van der Waals surface area (Å²) in [5.74, 6) is -0.287. The summed E-state index contributed by atoms with van der Waals surface area (Å²) in [5.41, 5.74) is 14.4. The number of thiophene rings is 1. The smallest absolute Gasteiger partial charge is 0.341 e. The van der Waals surface area contributed by atoms with Crippen LogP contribution >= 0.6 is 23.1 Å². The second kappa shape index (κ2) is 9.80. The van der Waals surface area contributed by atoms with E-state index in [0.29, 0.717) is 15.7 Å². The number of hydrogen-bond donors (Lipinski definition) is 3. The van der Waals surface area contributed by atoms with Crippen LogP contribution in [-0.2, 0) is 9.53 Å². The second-order valence-corrected chi connectivity index (χ2v) is 8.83. The van der Waals surface area contributed by atoms with Crippen LogP contribution in [0, 0.1) is 13.8 Å². The molecule has 0 saturated carbocycles. The molecule has 162 valence electrons. The molecule has 3 aromatic rings. The van der Waals surface area contributed by atoms with Crippen molar-refractivity contribution in [2.45, 2.75) is 25.9 Å². The predicted octanol–water partition coefficient (Wildman–Crippen LogP) is 3.89. The normalized spacial score (nSPS) is 10.7. The average Bonchev–Trinajstić information content (AvgIpc) is 3.02. The molecule has 0 saturated heterocycles. The minimum absolute atomic E-state index is 0.0297. The van der Waals surface area contributed by atoms with Gasteiger partial charge in [0, 0.05) is 16.5 Å². The number of anilines is 3. The van der Waals surface area contributed by atoms with Gasteiger partial charge in [-0.3, -0.25) is 4.79 Å². The van der Waals surface area contributed by atoms with Gasteiger partial charge in [0.1, 0.15) is 22.2 Å². The third kappa shape index (κ3) is 5.53. The first-order valence-corrected chi connectivity index (χ1v) is 11.3. The van der Waals surface area contributed by atoms with Gasteiger partial charge in [-0.2, -0.15) is 0 Å². The SMILES string of the molecule is CCOC(=O)c1c(NC(=O)CSc2nc(N)cc(N)n2)sc(C)c1-c1ccc(C)cc1. The number of thioether (sulfide) groups is 1. The van der Waals surface area contributed by atoms with Crippen molar-refractivity contribution < 1.29 is 14.3 Å². The molecule has 2 heterocycles. The van der Waals surface area contributed by atoms with Crippen LogP contribution in [0.3, 0.4) is 0 Å². The number of rotatable bonds is 7. The molecule has 0 aliphatic heterocycles. The summed E-state index contributed by atoms with van der Waals surface area (Å²) in [4.78, 5) is 34.3. The van der Waals surface area contributed by atoms with Crippen LogP contribution in [0.2, 0.25) is 0 Å². The number of nitrogen functional groups attached to an aromatic ring is 2. The van der Waals surface area contributed by atoms with E-state index in [2.05, 4.69) is 15.3 Å². The Kier molecular flexibility index (Phi) is 7.13. The largest absolute Gasteiger partial charge is 0.462 e. The van der Waals surface area contributed by atoms with E-state index in [1.165, 1.54) is 17.4 Å². The van der Waals surface area contributed by atoms with E-state index in [1.807, 2.05) is 38.1 Å². The zero-order chi connectivity index (χ0) is 22.5. The van der Waals surface area contributed by atoms with Crippen molar-refractivity contribution in [1.29, 1.82) is 0 Å². The van der Waals surface area contributed by atoms with Crippen LogP contribution < -0.4 is 16.8 Å². The van der Waals surface area contributed by atoms with E-state index in [4.69, 9.17) is 16.2 Å². The van der Waals surface area contributed by atoms with Gasteiger partial charge in [-0.1, -0.05) is 41.6 Å². The maximum atomic E-state index is 12.8. The molecule has 1 aromatic carbocycles. The Hall–Kier alpha value is -3.11. The number of ether oxygens (including phenoxy) is 1.